The number of nitrogens with zero attached hydrogens (tertiary/aromatic N) is 2. The monoisotopic (exact) mass is 584 g/mol. The Balaban J connectivity index is 1.68. The second-order valence-corrected chi connectivity index (χ2v) is 8.94. The molecule has 11 heteroatoms. The van der Waals surface area contributed by atoms with Gasteiger partial charge >= 0.3 is 11.9 Å². The first kappa shape index (κ1) is 26.1. The van der Waals surface area contributed by atoms with E-state index in [1.165, 1.54) is 18.2 Å². The smallest absolute Gasteiger partial charge is 0.363 e. The summed E-state index contributed by atoms with van der Waals surface area (Å²) in [7, 11) is 0. The molecule has 1 heterocycles. The summed E-state index contributed by atoms with van der Waals surface area (Å²) < 4.78 is 16.9. The van der Waals surface area contributed by atoms with Crippen molar-refractivity contribution in [2.45, 2.75) is 13.8 Å². The van der Waals surface area contributed by atoms with E-state index in [1.54, 1.807) is 56.3 Å². The standard InChI is InChI=1S/C26H18BrClN2O7/c1-3-35-22-13-15(11-18(27)23(22)36-25(31)17-7-4-5-9-19(17)28)12-20-26(32)37-24(29-20)16-8-6-10-21(14(16)2)30(33)34/h4-13H,3H2,1-2H3/b20-12-. The molecule has 0 bridgehead atoms. The van der Waals surface area contributed by atoms with Crippen LogP contribution in [0.3, 0.4) is 0 Å². The Morgan fingerprint density at radius 3 is 2.68 bits per heavy atom. The molecule has 1 aliphatic rings. The van der Waals surface area contributed by atoms with Crippen molar-refractivity contribution in [1.82, 2.24) is 0 Å². The minimum absolute atomic E-state index is 0.0175. The summed E-state index contributed by atoms with van der Waals surface area (Å²) in [5.41, 5.74) is 1.23. The predicted octanol–water partition coefficient (Wildman–Crippen LogP) is 6.28. The summed E-state index contributed by atoms with van der Waals surface area (Å²) in [4.78, 5) is 40.2. The highest BCUT2D eigenvalue weighted by Gasteiger charge is 2.28. The van der Waals surface area contributed by atoms with Gasteiger partial charge in [-0.15, -0.1) is 0 Å². The molecule has 3 aromatic rings. The van der Waals surface area contributed by atoms with Gasteiger partial charge in [0, 0.05) is 17.2 Å². The molecule has 0 saturated heterocycles. The quantitative estimate of drug-likeness (QED) is 0.105. The Kier molecular flexibility index (Phi) is 7.70. The number of hydrogen-bond acceptors (Lipinski definition) is 8. The average molecular weight is 586 g/mol. The van der Waals surface area contributed by atoms with E-state index in [0.29, 0.717) is 21.2 Å². The number of carbonyl (C=O) groups is 2. The first-order valence-corrected chi connectivity index (χ1v) is 12.1. The molecule has 9 nitrogen and oxygen atoms in total. The molecule has 0 unspecified atom stereocenters. The minimum Gasteiger partial charge on any atom is -0.490 e. The fourth-order valence-corrected chi connectivity index (χ4v) is 4.30. The number of cyclic esters (lactones) is 1. The van der Waals surface area contributed by atoms with E-state index in [1.807, 2.05) is 0 Å². The van der Waals surface area contributed by atoms with Gasteiger partial charge in [-0.25, -0.2) is 14.6 Å². The number of carbonyl (C=O) groups excluding carboxylic acids is 2. The number of aliphatic imine (C=N–C) groups is 1. The fourth-order valence-electron chi connectivity index (χ4n) is 3.54. The maximum atomic E-state index is 12.7. The fraction of sp³-hybridized carbons (Fsp3) is 0.115. The van der Waals surface area contributed by atoms with Crippen molar-refractivity contribution in [3.8, 4) is 11.5 Å². The van der Waals surface area contributed by atoms with Crippen LogP contribution >= 0.6 is 27.5 Å². The molecule has 0 saturated carbocycles. The SMILES string of the molecule is CCOc1cc(/C=C2\N=C(c3cccc([N+](=O)[O-])c3C)OC2=O)cc(Br)c1OC(=O)c1ccccc1Cl. The van der Waals surface area contributed by atoms with Crippen LogP contribution in [0.1, 0.15) is 34.0 Å². The molecule has 1 aliphatic heterocycles. The van der Waals surface area contributed by atoms with Crippen LogP contribution in [-0.4, -0.2) is 29.4 Å². The zero-order valence-electron chi connectivity index (χ0n) is 19.5. The van der Waals surface area contributed by atoms with Crippen molar-refractivity contribution < 1.29 is 28.7 Å². The van der Waals surface area contributed by atoms with Crippen LogP contribution in [0, 0.1) is 17.0 Å². The average Bonchev–Trinajstić information content (AvgIpc) is 3.21. The molecule has 0 N–H and O–H groups in total. The van der Waals surface area contributed by atoms with Crippen molar-refractivity contribution >= 4 is 57.1 Å². The molecule has 37 heavy (non-hydrogen) atoms. The van der Waals surface area contributed by atoms with E-state index < -0.39 is 16.9 Å². The lowest BCUT2D eigenvalue weighted by Gasteiger charge is -2.14. The summed E-state index contributed by atoms with van der Waals surface area (Å²) in [6.07, 6.45) is 1.47. The predicted molar refractivity (Wildman–Crippen MR) is 140 cm³/mol. The van der Waals surface area contributed by atoms with Crippen LogP contribution in [0.2, 0.25) is 5.02 Å². The summed E-state index contributed by atoms with van der Waals surface area (Å²) >= 11 is 9.51. The van der Waals surface area contributed by atoms with Gasteiger partial charge in [0.1, 0.15) is 0 Å². The van der Waals surface area contributed by atoms with Crippen LogP contribution in [-0.2, 0) is 9.53 Å². The number of esters is 2. The normalized spacial score (nSPS) is 13.8. The first-order valence-electron chi connectivity index (χ1n) is 10.9. The molecule has 0 atom stereocenters. The number of nitro groups is 1. The summed E-state index contributed by atoms with van der Waals surface area (Å²) in [6.45, 7) is 3.60. The Labute approximate surface area is 224 Å². The number of nitro benzene ring substituents is 1. The van der Waals surface area contributed by atoms with Gasteiger partial charge in [-0.1, -0.05) is 29.8 Å². The third-order valence-electron chi connectivity index (χ3n) is 5.28. The van der Waals surface area contributed by atoms with Gasteiger partial charge in [-0.05, 0) is 71.7 Å². The summed E-state index contributed by atoms with van der Waals surface area (Å²) in [5, 5.41) is 11.5. The second kappa shape index (κ2) is 10.9. The lowest BCUT2D eigenvalue weighted by Crippen LogP contribution is -2.11. The molecular weight excluding hydrogens is 568 g/mol. The Morgan fingerprint density at radius 2 is 1.97 bits per heavy atom. The third-order valence-corrected chi connectivity index (χ3v) is 6.20. The van der Waals surface area contributed by atoms with E-state index in [9.17, 15) is 19.7 Å². The molecule has 4 rings (SSSR count). The minimum atomic E-state index is -0.718. The van der Waals surface area contributed by atoms with E-state index in [-0.39, 0.29) is 46.0 Å². The van der Waals surface area contributed by atoms with E-state index in [0.717, 1.165) is 0 Å². The Bertz CT molecular complexity index is 1500. The van der Waals surface area contributed by atoms with Gasteiger partial charge in [0.2, 0.25) is 5.90 Å². The molecule has 0 fully saturated rings. The molecule has 0 amide bonds. The van der Waals surface area contributed by atoms with Gasteiger partial charge in [0.15, 0.2) is 17.2 Å². The van der Waals surface area contributed by atoms with Crippen LogP contribution in [0.5, 0.6) is 11.5 Å². The highest BCUT2D eigenvalue weighted by molar-refractivity contribution is 9.10. The van der Waals surface area contributed by atoms with E-state index in [4.69, 9.17) is 25.8 Å². The number of halogens is 2. The lowest BCUT2D eigenvalue weighted by molar-refractivity contribution is -0.385. The number of rotatable bonds is 7. The molecule has 0 aliphatic carbocycles. The van der Waals surface area contributed by atoms with Crippen molar-refractivity contribution in [1.29, 1.82) is 0 Å². The van der Waals surface area contributed by atoms with Crippen molar-refractivity contribution in [2.24, 2.45) is 4.99 Å². The van der Waals surface area contributed by atoms with Crippen molar-refractivity contribution in [2.75, 3.05) is 6.61 Å². The summed E-state index contributed by atoms with van der Waals surface area (Å²) in [6, 6.07) is 14.1. The van der Waals surface area contributed by atoms with Crippen molar-refractivity contribution in [3.05, 3.63) is 102 Å². The highest BCUT2D eigenvalue weighted by Crippen LogP contribution is 2.39. The van der Waals surface area contributed by atoms with Crippen molar-refractivity contribution in [3.63, 3.8) is 0 Å². The topological polar surface area (TPSA) is 117 Å². The van der Waals surface area contributed by atoms with Gasteiger partial charge in [0.25, 0.3) is 5.69 Å². The molecule has 0 spiro atoms. The van der Waals surface area contributed by atoms with Gasteiger partial charge < -0.3 is 14.2 Å². The zero-order chi connectivity index (χ0) is 26.7. The van der Waals surface area contributed by atoms with Gasteiger partial charge in [-0.2, -0.15) is 0 Å². The maximum Gasteiger partial charge on any atom is 0.363 e. The van der Waals surface area contributed by atoms with Gasteiger partial charge in [0.05, 0.1) is 26.6 Å². The molecule has 0 aromatic heterocycles. The first-order chi connectivity index (χ1) is 17.7. The molecule has 188 valence electrons. The van der Waals surface area contributed by atoms with Gasteiger partial charge in [-0.3, -0.25) is 10.1 Å². The van der Waals surface area contributed by atoms with Crippen LogP contribution in [0.25, 0.3) is 6.08 Å². The molecule has 3 aromatic carbocycles. The second-order valence-electron chi connectivity index (χ2n) is 7.68. The Hall–Kier alpha value is -4.02. The Morgan fingerprint density at radius 1 is 1.22 bits per heavy atom. The lowest BCUT2D eigenvalue weighted by atomic mass is 10.1. The number of ether oxygens (including phenoxy) is 3. The van der Waals surface area contributed by atoms with Crippen LogP contribution < -0.4 is 9.47 Å². The molecule has 0 radical (unpaired) electrons. The largest absolute Gasteiger partial charge is 0.490 e. The third kappa shape index (κ3) is 5.55. The maximum absolute atomic E-state index is 12.7. The van der Waals surface area contributed by atoms with E-state index >= 15 is 0 Å². The highest BCUT2D eigenvalue weighted by atomic mass is 79.9. The van der Waals surface area contributed by atoms with Crippen LogP contribution in [0.15, 0.2) is 69.8 Å². The summed E-state index contributed by atoms with van der Waals surface area (Å²) in [5.74, 6) is -1.04. The van der Waals surface area contributed by atoms with Crippen LogP contribution in [0.4, 0.5) is 5.69 Å². The molecular formula is C26H18BrClN2O7. The zero-order valence-corrected chi connectivity index (χ0v) is 21.8. The number of hydrogen-bond donors (Lipinski definition) is 0. The number of benzene rings is 3. The van der Waals surface area contributed by atoms with E-state index in [2.05, 4.69) is 20.9 Å².